The van der Waals surface area contributed by atoms with Gasteiger partial charge in [0, 0.05) is 23.7 Å². The van der Waals surface area contributed by atoms with Crippen molar-refractivity contribution in [3.8, 4) is 11.5 Å². The first kappa shape index (κ1) is 21.2. The molecule has 0 radical (unpaired) electrons. The Morgan fingerprint density at radius 2 is 1.34 bits per heavy atom. The van der Waals surface area contributed by atoms with E-state index < -0.39 is 0 Å². The van der Waals surface area contributed by atoms with Crippen LogP contribution in [0.4, 0.5) is 5.69 Å². The smallest absolute Gasteiger partial charge is 0.255 e. The summed E-state index contributed by atoms with van der Waals surface area (Å²) in [5.74, 6) is 1.27. The fourth-order valence-corrected chi connectivity index (χ4v) is 3.24. The number of carbonyl (C=O) groups is 1. The maximum Gasteiger partial charge on any atom is 0.255 e. The standard InChI is InChI=1S/C28H25NO3/c30-28(24-14-16-26(17-15-24)32-21-23-10-5-2-6-11-23)29-25-12-7-13-27(20-25)31-19-18-22-8-3-1-4-9-22/h1-17,20H,18-19,21H2,(H,29,30). The molecule has 0 unspecified atom stereocenters. The highest BCUT2D eigenvalue weighted by Gasteiger charge is 2.07. The van der Waals surface area contributed by atoms with Crippen LogP contribution in [0.2, 0.25) is 0 Å². The molecular formula is C28H25NO3. The number of rotatable bonds is 9. The lowest BCUT2D eigenvalue weighted by Gasteiger charge is -2.10. The van der Waals surface area contributed by atoms with Crippen LogP contribution in [0.3, 0.4) is 0 Å². The van der Waals surface area contributed by atoms with Crippen molar-refractivity contribution in [2.75, 3.05) is 11.9 Å². The van der Waals surface area contributed by atoms with Gasteiger partial charge in [-0.15, -0.1) is 0 Å². The van der Waals surface area contributed by atoms with Crippen molar-refractivity contribution in [1.82, 2.24) is 0 Å². The van der Waals surface area contributed by atoms with E-state index in [1.807, 2.05) is 72.8 Å². The van der Waals surface area contributed by atoms with Crippen molar-refractivity contribution >= 4 is 11.6 Å². The predicted octanol–water partition coefficient (Wildman–Crippen LogP) is 6.14. The van der Waals surface area contributed by atoms with Gasteiger partial charge in [0.25, 0.3) is 5.91 Å². The second-order valence-electron chi connectivity index (χ2n) is 7.36. The van der Waals surface area contributed by atoms with E-state index in [2.05, 4.69) is 17.4 Å². The van der Waals surface area contributed by atoms with Crippen molar-refractivity contribution in [1.29, 1.82) is 0 Å². The van der Waals surface area contributed by atoms with Crippen LogP contribution < -0.4 is 14.8 Å². The summed E-state index contributed by atoms with van der Waals surface area (Å²) in [7, 11) is 0. The molecule has 0 spiro atoms. The second kappa shape index (κ2) is 10.8. The summed E-state index contributed by atoms with van der Waals surface area (Å²) in [5.41, 5.74) is 3.58. The van der Waals surface area contributed by atoms with Gasteiger partial charge in [0.05, 0.1) is 6.61 Å². The van der Waals surface area contributed by atoms with E-state index >= 15 is 0 Å². The highest BCUT2D eigenvalue weighted by atomic mass is 16.5. The molecule has 4 rings (SSSR count). The van der Waals surface area contributed by atoms with Gasteiger partial charge in [-0.1, -0.05) is 66.7 Å². The Hall–Kier alpha value is -4.05. The molecular weight excluding hydrogens is 398 g/mol. The van der Waals surface area contributed by atoms with Gasteiger partial charge in [-0.3, -0.25) is 4.79 Å². The van der Waals surface area contributed by atoms with E-state index in [9.17, 15) is 4.79 Å². The first-order chi connectivity index (χ1) is 15.8. The minimum absolute atomic E-state index is 0.180. The van der Waals surface area contributed by atoms with Crippen LogP contribution in [0, 0.1) is 0 Å². The Kier molecular flexibility index (Phi) is 7.17. The molecule has 0 bridgehead atoms. The topological polar surface area (TPSA) is 47.6 Å². The van der Waals surface area contributed by atoms with E-state index in [0.717, 1.165) is 23.5 Å². The Labute approximate surface area is 188 Å². The molecule has 0 aliphatic carbocycles. The number of anilines is 1. The maximum atomic E-state index is 12.6. The third kappa shape index (κ3) is 6.22. The van der Waals surface area contributed by atoms with Crippen molar-refractivity contribution in [2.24, 2.45) is 0 Å². The largest absolute Gasteiger partial charge is 0.493 e. The van der Waals surface area contributed by atoms with Gasteiger partial charge in [0.15, 0.2) is 0 Å². The summed E-state index contributed by atoms with van der Waals surface area (Å²) < 4.78 is 11.6. The number of ether oxygens (including phenoxy) is 2. The zero-order valence-electron chi connectivity index (χ0n) is 17.7. The van der Waals surface area contributed by atoms with Gasteiger partial charge in [0.1, 0.15) is 18.1 Å². The van der Waals surface area contributed by atoms with Gasteiger partial charge >= 0.3 is 0 Å². The summed E-state index contributed by atoms with van der Waals surface area (Å²) in [6.07, 6.45) is 0.829. The highest BCUT2D eigenvalue weighted by Crippen LogP contribution is 2.20. The summed E-state index contributed by atoms with van der Waals surface area (Å²) in [5, 5.41) is 2.92. The van der Waals surface area contributed by atoms with Crippen LogP contribution in [0.25, 0.3) is 0 Å². The van der Waals surface area contributed by atoms with Crippen LogP contribution in [-0.2, 0) is 13.0 Å². The average Bonchev–Trinajstić information content (AvgIpc) is 2.85. The van der Waals surface area contributed by atoms with Gasteiger partial charge in [-0.2, -0.15) is 0 Å². The number of benzene rings is 4. The molecule has 1 N–H and O–H groups in total. The highest BCUT2D eigenvalue weighted by molar-refractivity contribution is 6.04. The SMILES string of the molecule is O=C(Nc1cccc(OCCc2ccccc2)c1)c1ccc(OCc2ccccc2)cc1. The molecule has 160 valence electrons. The fourth-order valence-electron chi connectivity index (χ4n) is 3.24. The monoisotopic (exact) mass is 423 g/mol. The van der Waals surface area contributed by atoms with E-state index in [1.54, 1.807) is 24.3 Å². The molecule has 0 aliphatic heterocycles. The Morgan fingerprint density at radius 3 is 2.06 bits per heavy atom. The number of hydrogen-bond donors (Lipinski definition) is 1. The molecule has 0 heterocycles. The van der Waals surface area contributed by atoms with E-state index in [1.165, 1.54) is 5.56 Å². The third-order valence-electron chi connectivity index (χ3n) is 4.96. The van der Waals surface area contributed by atoms with Crippen molar-refractivity contribution in [3.05, 3.63) is 126 Å². The zero-order chi connectivity index (χ0) is 22.0. The molecule has 4 nitrogen and oxygen atoms in total. The normalized spacial score (nSPS) is 10.4. The summed E-state index contributed by atoms with van der Waals surface area (Å²) in [6.45, 7) is 1.06. The van der Waals surface area contributed by atoms with Crippen LogP contribution >= 0.6 is 0 Å². The van der Waals surface area contributed by atoms with Crippen molar-refractivity contribution in [2.45, 2.75) is 13.0 Å². The number of nitrogens with one attached hydrogen (secondary N) is 1. The summed E-state index contributed by atoms with van der Waals surface area (Å²) in [4.78, 5) is 12.6. The van der Waals surface area contributed by atoms with Gasteiger partial charge in [-0.05, 0) is 47.5 Å². The lowest BCUT2D eigenvalue weighted by molar-refractivity contribution is 0.102. The van der Waals surface area contributed by atoms with Gasteiger partial charge in [-0.25, -0.2) is 0 Å². The Balaban J connectivity index is 1.29. The Morgan fingerprint density at radius 1 is 0.656 bits per heavy atom. The fraction of sp³-hybridized carbons (Fsp3) is 0.107. The van der Waals surface area contributed by atoms with Crippen molar-refractivity contribution < 1.29 is 14.3 Å². The van der Waals surface area contributed by atoms with Crippen LogP contribution in [0.5, 0.6) is 11.5 Å². The van der Waals surface area contributed by atoms with E-state index in [-0.39, 0.29) is 5.91 Å². The summed E-state index contributed by atoms with van der Waals surface area (Å²) in [6, 6.07) is 34.7. The van der Waals surface area contributed by atoms with Gasteiger partial charge < -0.3 is 14.8 Å². The van der Waals surface area contributed by atoms with E-state index in [4.69, 9.17) is 9.47 Å². The molecule has 4 heteroatoms. The summed E-state index contributed by atoms with van der Waals surface area (Å²) >= 11 is 0. The molecule has 0 saturated carbocycles. The first-order valence-corrected chi connectivity index (χ1v) is 10.6. The molecule has 0 atom stereocenters. The minimum Gasteiger partial charge on any atom is -0.493 e. The molecule has 4 aromatic carbocycles. The molecule has 0 aliphatic rings. The van der Waals surface area contributed by atoms with Gasteiger partial charge in [0.2, 0.25) is 0 Å². The average molecular weight is 424 g/mol. The molecule has 0 aromatic heterocycles. The number of carbonyl (C=O) groups excluding carboxylic acids is 1. The van der Waals surface area contributed by atoms with E-state index in [0.29, 0.717) is 24.5 Å². The first-order valence-electron chi connectivity index (χ1n) is 10.6. The maximum absolute atomic E-state index is 12.6. The molecule has 1 amide bonds. The number of amides is 1. The van der Waals surface area contributed by atoms with Crippen molar-refractivity contribution in [3.63, 3.8) is 0 Å². The Bertz CT molecular complexity index is 1130. The van der Waals surface area contributed by atoms with Crippen LogP contribution in [-0.4, -0.2) is 12.5 Å². The van der Waals surface area contributed by atoms with Crippen LogP contribution in [0.15, 0.2) is 109 Å². The van der Waals surface area contributed by atoms with Crippen LogP contribution in [0.1, 0.15) is 21.5 Å². The predicted molar refractivity (Wildman–Crippen MR) is 127 cm³/mol. The number of hydrogen-bond acceptors (Lipinski definition) is 3. The lowest BCUT2D eigenvalue weighted by Crippen LogP contribution is -2.12. The zero-order valence-corrected chi connectivity index (χ0v) is 17.7. The molecule has 0 saturated heterocycles. The second-order valence-corrected chi connectivity index (χ2v) is 7.36. The third-order valence-corrected chi connectivity index (χ3v) is 4.96. The molecule has 32 heavy (non-hydrogen) atoms. The quantitative estimate of drug-likeness (QED) is 0.352. The molecule has 0 fully saturated rings. The molecule has 4 aromatic rings. The minimum atomic E-state index is -0.180. The lowest BCUT2D eigenvalue weighted by atomic mass is 10.2.